The van der Waals surface area contributed by atoms with E-state index in [-0.39, 0.29) is 11.6 Å². The van der Waals surface area contributed by atoms with Crippen LogP contribution in [-0.4, -0.2) is 29.3 Å². The minimum Gasteiger partial charge on any atom is -0.380 e. The van der Waals surface area contributed by atoms with Crippen LogP contribution in [0.1, 0.15) is 45.9 Å². The first-order chi connectivity index (χ1) is 14.1. The maximum Gasteiger partial charge on any atom is 0.202 e. The van der Waals surface area contributed by atoms with Gasteiger partial charge in [0, 0.05) is 52.5 Å². The van der Waals surface area contributed by atoms with E-state index < -0.39 is 0 Å². The summed E-state index contributed by atoms with van der Waals surface area (Å²) in [6.07, 6.45) is 0.469. The minimum atomic E-state index is 0.0258. The second-order valence-corrected chi connectivity index (χ2v) is 7.84. The molecule has 0 N–H and O–H groups in total. The summed E-state index contributed by atoms with van der Waals surface area (Å²) < 4.78 is 7.78. The second-order valence-electron chi connectivity index (χ2n) is 6.90. The molecule has 4 nitrogen and oxygen atoms in total. The number of fused-ring (bicyclic) bond motifs is 3. The third kappa shape index (κ3) is 3.63. The molecule has 4 aromatic rings. The van der Waals surface area contributed by atoms with E-state index in [1.165, 1.54) is 11.3 Å². The number of hydrogen-bond acceptors (Lipinski definition) is 4. The highest BCUT2D eigenvalue weighted by atomic mass is 32.1. The summed E-state index contributed by atoms with van der Waals surface area (Å²) in [6.45, 7) is 5.85. The topological polar surface area (TPSA) is 48.3 Å². The van der Waals surface area contributed by atoms with Crippen molar-refractivity contribution < 1.29 is 14.3 Å². The lowest BCUT2D eigenvalue weighted by molar-refractivity contribution is 0.0987. The molecule has 0 saturated carbocycles. The third-order valence-electron chi connectivity index (χ3n) is 5.18. The fourth-order valence-corrected chi connectivity index (χ4v) is 4.40. The Kier molecular flexibility index (Phi) is 5.60. The zero-order valence-electron chi connectivity index (χ0n) is 16.6. The van der Waals surface area contributed by atoms with Gasteiger partial charge in [-0.1, -0.05) is 13.0 Å². The van der Waals surface area contributed by atoms with Gasteiger partial charge >= 0.3 is 0 Å². The number of Topliss-reactive ketones (excluding diaryl/α,β-unsaturated/α-hetero) is 1. The standard InChI is InChI=1S/C24H23NO3S/c1-3-22(26)16-7-9-20-18(14-16)19-15-17(24(27)23-6-5-13-29-23)8-10-21(19)25(20)11-12-28-4-2/h5-10,13-15H,3-4,11-12H2,1-2H3. The van der Waals surface area contributed by atoms with Gasteiger partial charge in [-0.3, -0.25) is 9.59 Å². The van der Waals surface area contributed by atoms with Crippen LogP contribution in [0.5, 0.6) is 0 Å². The molecular weight excluding hydrogens is 382 g/mol. The number of ketones is 2. The SMILES string of the molecule is CCOCCn1c2ccc(C(=O)CC)cc2c2cc(C(=O)c3cccs3)ccc21. The highest BCUT2D eigenvalue weighted by molar-refractivity contribution is 7.12. The highest BCUT2D eigenvalue weighted by Crippen LogP contribution is 2.32. The van der Waals surface area contributed by atoms with E-state index >= 15 is 0 Å². The van der Waals surface area contributed by atoms with E-state index in [2.05, 4.69) is 4.57 Å². The van der Waals surface area contributed by atoms with Crippen molar-refractivity contribution in [2.24, 2.45) is 0 Å². The molecule has 0 aliphatic carbocycles. The van der Waals surface area contributed by atoms with Crippen molar-refractivity contribution in [2.75, 3.05) is 13.2 Å². The van der Waals surface area contributed by atoms with Gasteiger partial charge in [0.1, 0.15) is 0 Å². The molecule has 29 heavy (non-hydrogen) atoms. The van der Waals surface area contributed by atoms with Crippen LogP contribution in [-0.2, 0) is 11.3 Å². The zero-order chi connectivity index (χ0) is 20.4. The lowest BCUT2D eigenvalue weighted by Crippen LogP contribution is -2.06. The molecular formula is C24H23NO3S. The zero-order valence-corrected chi connectivity index (χ0v) is 17.4. The van der Waals surface area contributed by atoms with Crippen molar-refractivity contribution in [1.29, 1.82) is 0 Å². The van der Waals surface area contributed by atoms with Gasteiger partial charge in [-0.25, -0.2) is 0 Å². The number of thiophene rings is 1. The normalized spacial score (nSPS) is 11.4. The minimum absolute atomic E-state index is 0.0258. The molecule has 0 amide bonds. The second kappa shape index (κ2) is 8.31. The van der Waals surface area contributed by atoms with Crippen LogP contribution < -0.4 is 0 Å². The van der Waals surface area contributed by atoms with Crippen LogP contribution in [0.3, 0.4) is 0 Å². The molecule has 0 radical (unpaired) electrons. The maximum absolute atomic E-state index is 12.9. The Morgan fingerprint density at radius 1 is 0.966 bits per heavy atom. The predicted molar refractivity (Wildman–Crippen MR) is 118 cm³/mol. The molecule has 4 rings (SSSR count). The fourth-order valence-electron chi connectivity index (χ4n) is 3.71. The average molecular weight is 406 g/mol. The van der Waals surface area contributed by atoms with E-state index in [4.69, 9.17) is 4.74 Å². The van der Waals surface area contributed by atoms with E-state index in [0.717, 1.165) is 26.7 Å². The molecule has 0 bridgehead atoms. The van der Waals surface area contributed by atoms with Gasteiger partial charge in [0.15, 0.2) is 5.78 Å². The third-order valence-corrected chi connectivity index (χ3v) is 6.05. The van der Waals surface area contributed by atoms with Gasteiger partial charge in [-0.2, -0.15) is 0 Å². The molecule has 0 aliphatic heterocycles. The smallest absolute Gasteiger partial charge is 0.202 e. The number of rotatable bonds is 8. The molecule has 0 spiro atoms. The molecule has 5 heteroatoms. The first kappa shape index (κ1) is 19.6. The Hall–Kier alpha value is -2.76. The summed E-state index contributed by atoms with van der Waals surface area (Å²) in [4.78, 5) is 25.8. The monoisotopic (exact) mass is 405 g/mol. The van der Waals surface area contributed by atoms with Gasteiger partial charge in [0.25, 0.3) is 0 Å². The van der Waals surface area contributed by atoms with Gasteiger partial charge < -0.3 is 9.30 Å². The Bertz CT molecular complexity index is 1190. The molecule has 0 aliphatic rings. The molecule has 148 valence electrons. The molecule has 0 fully saturated rings. The van der Waals surface area contributed by atoms with Gasteiger partial charge in [-0.05, 0) is 54.8 Å². The number of carbonyl (C=O) groups is 2. The van der Waals surface area contributed by atoms with E-state index in [1.54, 1.807) is 0 Å². The largest absolute Gasteiger partial charge is 0.380 e. The van der Waals surface area contributed by atoms with Crippen molar-refractivity contribution in [1.82, 2.24) is 4.57 Å². The first-order valence-corrected chi connectivity index (χ1v) is 10.8. The molecule has 0 saturated heterocycles. The first-order valence-electron chi connectivity index (χ1n) is 9.89. The number of hydrogen-bond donors (Lipinski definition) is 0. The van der Waals surface area contributed by atoms with Crippen LogP contribution in [0.2, 0.25) is 0 Å². The molecule has 0 atom stereocenters. The van der Waals surface area contributed by atoms with E-state index in [9.17, 15) is 9.59 Å². The van der Waals surface area contributed by atoms with Crippen molar-refractivity contribution in [3.8, 4) is 0 Å². The van der Waals surface area contributed by atoms with Gasteiger partial charge in [-0.15, -0.1) is 11.3 Å². The summed E-state index contributed by atoms with van der Waals surface area (Å²) >= 11 is 1.45. The van der Waals surface area contributed by atoms with Crippen LogP contribution in [0, 0.1) is 0 Å². The number of nitrogens with zero attached hydrogens (tertiary/aromatic N) is 1. The van der Waals surface area contributed by atoms with E-state index in [0.29, 0.717) is 37.3 Å². The summed E-state index contributed by atoms with van der Waals surface area (Å²) in [7, 11) is 0. The summed E-state index contributed by atoms with van der Waals surface area (Å²) in [5.41, 5.74) is 3.46. The van der Waals surface area contributed by atoms with Crippen molar-refractivity contribution in [3.05, 3.63) is 69.9 Å². The van der Waals surface area contributed by atoms with Crippen LogP contribution in [0.25, 0.3) is 21.8 Å². The van der Waals surface area contributed by atoms with Crippen LogP contribution >= 0.6 is 11.3 Å². The highest BCUT2D eigenvalue weighted by Gasteiger charge is 2.16. The molecule has 2 aromatic carbocycles. The quantitative estimate of drug-likeness (QED) is 0.278. The lowest BCUT2D eigenvalue weighted by Gasteiger charge is -2.08. The Labute approximate surface area is 173 Å². The van der Waals surface area contributed by atoms with E-state index in [1.807, 2.05) is 67.8 Å². The Morgan fingerprint density at radius 3 is 2.28 bits per heavy atom. The summed E-state index contributed by atoms with van der Waals surface area (Å²) in [5.74, 6) is 0.144. The number of aromatic nitrogens is 1. The Morgan fingerprint density at radius 2 is 1.66 bits per heavy atom. The van der Waals surface area contributed by atoms with Crippen molar-refractivity contribution >= 4 is 44.7 Å². The molecule has 0 unspecified atom stereocenters. The summed E-state index contributed by atoms with van der Waals surface area (Å²) in [5, 5.41) is 3.90. The lowest BCUT2D eigenvalue weighted by atomic mass is 10.0. The molecule has 2 heterocycles. The van der Waals surface area contributed by atoms with Crippen LogP contribution in [0.15, 0.2) is 53.9 Å². The molecule has 2 aromatic heterocycles. The van der Waals surface area contributed by atoms with Crippen LogP contribution in [0.4, 0.5) is 0 Å². The maximum atomic E-state index is 12.9. The summed E-state index contributed by atoms with van der Waals surface area (Å²) in [6, 6.07) is 15.4. The fraction of sp³-hybridized carbons (Fsp3) is 0.250. The number of benzene rings is 2. The predicted octanol–water partition coefficient (Wildman–Crippen LogP) is 5.72. The van der Waals surface area contributed by atoms with Gasteiger partial charge in [0.2, 0.25) is 5.78 Å². The Balaban J connectivity index is 1.89. The average Bonchev–Trinajstić information content (AvgIpc) is 3.39. The van der Waals surface area contributed by atoms with Crippen molar-refractivity contribution in [3.63, 3.8) is 0 Å². The van der Waals surface area contributed by atoms with Crippen molar-refractivity contribution in [2.45, 2.75) is 26.8 Å². The number of ether oxygens (including phenoxy) is 1. The van der Waals surface area contributed by atoms with Gasteiger partial charge in [0.05, 0.1) is 11.5 Å². The number of carbonyl (C=O) groups excluding carboxylic acids is 2.